The van der Waals surface area contributed by atoms with Gasteiger partial charge in [0, 0.05) is 0 Å². The van der Waals surface area contributed by atoms with Gasteiger partial charge in [0.2, 0.25) is 0 Å². The molecule has 0 aliphatic carbocycles. The van der Waals surface area contributed by atoms with E-state index in [-0.39, 0.29) is 31.7 Å². The highest BCUT2D eigenvalue weighted by Gasteiger charge is 2.57. The van der Waals surface area contributed by atoms with Gasteiger partial charge in [0.15, 0.2) is 12.1 Å². The summed E-state index contributed by atoms with van der Waals surface area (Å²) < 4.78 is 29.4. The van der Waals surface area contributed by atoms with E-state index in [1.165, 1.54) is 5.56 Å². The van der Waals surface area contributed by atoms with Crippen LogP contribution in [0.4, 0.5) is 0 Å². The van der Waals surface area contributed by atoms with Crippen LogP contribution in [0.1, 0.15) is 19.4 Å². The molecule has 4 atom stereocenters. The summed E-state index contributed by atoms with van der Waals surface area (Å²) in [5, 5.41) is 0. The minimum absolute atomic E-state index is 0.127. The Labute approximate surface area is 124 Å². The lowest BCUT2D eigenvalue weighted by Gasteiger charge is -2.32. The Balaban J connectivity index is 1.52. The maximum atomic E-state index is 6.09. The molecule has 3 fully saturated rings. The van der Waals surface area contributed by atoms with Crippen molar-refractivity contribution in [2.75, 3.05) is 6.61 Å². The molecule has 21 heavy (non-hydrogen) atoms. The average Bonchev–Trinajstić information content (AvgIpc) is 2.91. The largest absolute Gasteiger partial charge is 0.494 e. The molecular formula is C15H19BO5. The van der Waals surface area contributed by atoms with Crippen molar-refractivity contribution in [3.63, 3.8) is 0 Å². The zero-order chi connectivity index (χ0) is 14.6. The molecule has 3 aliphatic rings. The second-order valence-corrected chi connectivity index (χ2v) is 6.32. The first-order valence-corrected chi connectivity index (χ1v) is 7.37. The zero-order valence-corrected chi connectivity index (χ0v) is 12.4. The number of hydrogen-bond acceptors (Lipinski definition) is 5. The summed E-state index contributed by atoms with van der Waals surface area (Å²) in [7, 11) is -0.374. The van der Waals surface area contributed by atoms with E-state index in [9.17, 15) is 0 Å². The van der Waals surface area contributed by atoms with Crippen molar-refractivity contribution in [1.82, 2.24) is 0 Å². The van der Waals surface area contributed by atoms with E-state index < -0.39 is 5.79 Å². The predicted octanol–water partition coefficient (Wildman–Crippen LogP) is 0.982. The van der Waals surface area contributed by atoms with Gasteiger partial charge in [-0.3, -0.25) is 0 Å². The first-order chi connectivity index (χ1) is 10.0. The Kier molecular flexibility index (Phi) is 3.13. The lowest BCUT2D eigenvalue weighted by atomic mass is 9.76. The standard InChI is InChI=1S/C15H19BO5/c1-9-4-6-10(7-5-9)16-17-8-11-12(21-16)13-14(18-11)20-15(2,3)19-13/h4-7,11-14H,8H2,1-3H3/t11-,12+,13-,14-/m1/s1. The summed E-state index contributed by atoms with van der Waals surface area (Å²) in [5.74, 6) is -0.624. The van der Waals surface area contributed by atoms with E-state index in [0.717, 1.165) is 5.46 Å². The Bertz CT molecular complexity index is 531. The van der Waals surface area contributed by atoms with Gasteiger partial charge in [-0.25, -0.2) is 0 Å². The third-order valence-corrected chi connectivity index (χ3v) is 4.13. The van der Waals surface area contributed by atoms with Gasteiger partial charge in [-0.2, -0.15) is 0 Å². The fraction of sp³-hybridized carbons (Fsp3) is 0.600. The van der Waals surface area contributed by atoms with Crippen LogP contribution in [0.3, 0.4) is 0 Å². The molecule has 0 spiro atoms. The second kappa shape index (κ2) is 4.79. The highest BCUT2D eigenvalue weighted by atomic mass is 16.8. The first kappa shape index (κ1) is 13.7. The minimum Gasteiger partial charge on any atom is -0.404 e. The number of benzene rings is 1. The molecular weight excluding hydrogens is 271 g/mol. The van der Waals surface area contributed by atoms with Gasteiger partial charge < -0.3 is 23.5 Å². The first-order valence-electron chi connectivity index (χ1n) is 7.37. The van der Waals surface area contributed by atoms with E-state index in [4.69, 9.17) is 23.5 Å². The highest BCUT2D eigenvalue weighted by Crippen LogP contribution is 2.40. The van der Waals surface area contributed by atoms with Crippen molar-refractivity contribution in [3.05, 3.63) is 29.8 Å². The normalized spacial score (nSPS) is 37.4. The molecule has 6 heteroatoms. The van der Waals surface area contributed by atoms with E-state index in [0.29, 0.717) is 6.61 Å². The lowest BCUT2D eigenvalue weighted by molar-refractivity contribution is -0.221. The lowest BCUT2D eigenvalue weighted by Crippen LogP contribution is -2.53. The third kappa shape index (κ3) is 2.41. The van der Waals surface area contributed by atoms with Gasteiger partial charge in [0.05, 0.1) is 6.61 Å². The van der Waals surface area contributed by atoms with Crippen molar-refractivity contribution >= 4 is 12.6 Å². The molecule has 4 rings (SSSR count). The maximum Gasteiger partial charge on any atom is 0.494 e. The molecule has 1 aromatic carbocycles. The summed E-state index contributed by atoms with van der Waals surface area (Å²) >= 11 is 0. The SMILES string of the molecule is Cc1ccc(B2OC[C@H]3O[C@@H]4OC(C)(C)O[C@@H]4[C@H]3O2)cc1. The Morgan fingerprint density at radius 3 is 2.62 bits per heavy atom. The summed E-state index contributed by atoms with van der Waals surface area (Å²) in [6.45, 7) is 6.33. The summed E-state index contributed by atoms with van der Waals surface area (Å²) in [4.78, 5) is 0. The molecule has 0 saturated carbocycles. The van der Waals surface area contributed by atoms with E-state index >= 15 is 0 Å². The van der Waals surface area contributed by atoms with Crippen LogP contribution in [0.15, 0.2) is 24.3 Å². The van der Waals surface area contributed by atoms with Crippen LogP contribution in [0, 0.1) is 6.92 Å². The fourth-order valence-electron chi connectivity index (χ4n) is 3.11. The van der Waals surface area contributed by atoms with Crippen LogP contribution in [0.25, 0.3) is 0 Å². The van der Waals surface area contributed by atoms with Gasteiger partial charge in [-0.15, -0.1) is 0 Å². The van der Waals surface area contributed by atoms with Crippen molar-refractivity contribution < 1.29 is 23.5 Å². The summed E-state index contributed by atoms with van der Waals surface area (Å²) in [5.41, 5.74) is 2.23. The van der Waals surface area contributed by atoms with Crippen molar-refractivity contribution in [1.29, 1.82) is 0 Å². The number of fused-ring (bicyclic) bond motifs is 3. The van der Waals surface area contributed by atoms with Gasteiger partial charge in [-0.1, -0.05) is 29.8 Å². The van der Waals surface area contributed by atoms with Crippen LogP contribution in [0.2, 0.25) is 0 Å². The van der Waals surface area contributed by atoms with Gasteiger partial charge in [0.1, 0.15) is 18.3 Å². The molecule has 3 aliphatic heterocycles. The minimum atomic E-state index is -0.624. The topological polar surface area (TPSA) is 46.2 Å². The number of rotatable bonds is 1. The maximum absolute atomic E-state index is 6.09. The smallest absolute Gasteiger partial charge is 0.404 e. The Morgan fingerprint density at radius 1 is 1.10 bits per heavy atom. The molecule has 0 unspecified atom stereocenters. The van der Waals surface area contributed by atoms with E-state index in [1.807, 2.05) is 26.0 Å². The average molecular weight is 290 g/mol. The van der Waals surface area contributed by atoms with E-state index in [2.05, 4.69) is 19.1 Å². The van der Waals surface area contributed by atoms with Gasteiger partial charge >= 0.3 is 7.12 Å². The van der Waals surface area contributed by atoms with Crippen LogP contribution < -0.4 is 5.46 Å². The van der Waals surface area contributed by atoms with Crippen LogP contribution in [0.5, 0.6) is 0 Å². The fourth-order valence-corrected chi connectivity index (χ4v) is 3.11. The number of ether oxygens (including phenoxy) is 3. The van der Waals surface area contributed by atoms with E-state index in [1.54, 1.807) is 0 Å². The predicted molar refractivity (Wildman–Crippen MR) is 76.1 cm³/mol. The Hall–Kier alpha value is -0.915. The molecule has 0 bridgehead atoms. The summed E-state index contributed by atoms with van der Waals surface area (Å²) in [6, 6.07) is 8.17. The van der Waals surface area contributed by atoms with Gasteiger partial charge in [-0.05, 0) is 26.2 Å². The molecule has 5 nitrogen and oxygen atoms in total. The van der Waals surface area contributed by atoms with Crippen molar-refractivity contribution in [2.24, 2.45) is 0 Å². The molecule has 0 aromatic heterocycles. The molecule has 1 aromatic rings. The quantitative estimate of drug-likeness (QED) is 0.722. The molecule has 3 saturated heterocycles. The number of hydrogen-bond donors (Lipinski definition) is 0. The molecule has 0 N–H and O–H groups in total. The second-order valence-electron chi connectivity index (χ2n) is 6.32. The molecule has 0 radical (unpaired) electrons. The molecule has 112 valence electrons. The highest BCUT2D eigenvalue weighted by molar-refractivity contribution is 6.61. The van der Waals surface area contributed by atoms with Crippen LogP contribution in [-0.4, -0.2) is 44.1 Å². The van der Waals surface area contributed by atoms with Crippen molar-refractivity contribution in [3.8, 4) is 0 Å². The number of aryl methyl sites for hydroxylation is 1. The third-order valence-electron chi connectivity index (χ3n) is 4.13. The van der Waals surface area contributed by atoms with Gasteiger partial charge in [0.25, 0.3) is 0 Å². The monoisotopic (exact) mass is 290 g/mol. The van der Waals surface area contributed by atoms with Crippen LogP contribution >= 0.6 is 0 Å². The Morgan fingerprint density at radius 2 is 1.86 bits per heavy atom. The molecule has 3 heterocycles. The summed E-state index contributed by atoms with van der Waals surface area (Å²) in [6.07, 6.45) is -0.841. The zero-order valence-electron chi connectivity index (χ0n) is 12.4. The van der Waals surface area contributed by atoms with Crippen molar-refractivity contribution in [2.45, 2.75) is 51.2 Å². The van der Waals surface area contributed by atoms with Crippen LogP contribution in [-0.2, 0) is 23.5 Å². The molecule has 0 amide bonds.